The zero-order valence-corrected chi connectivity index (χ0v) is 16.4. The van der Waals surface area contributed by atoms with Crippen LogP contribution in [0.25, 0.3) is 0 Å². The molecule has 0 atom stereocenters. The Morgan fingerprint density at radius 2 is 1.69 bits per heavy atom. The largest absolute Gasteiger partial charge is 0.495 e. The molecule has 5 heteroatoms. The summed E-state index contributed by atoms with van der Waals surface area (Å²) in [4.78, 5) is 0.218. The molecule has 0 saturated heterocycles. The molecule has 2 aromatic rings. The highest BCUT2D eigenvalue weighted by Gasteiger charge is 2.23. The average molecular weight is 374 g/mol. The van der Waals surface area contributed by atoms with Crippen molar-refractivity contribution in [3.05, 3.63) is 53.1 Å². The van der Waals surface area contributed by atoms with Gasteiger partial charge in [0.05, 0.1) is 7.11 Å². The molecule has 1 N–H and O–H groups in total. The van der Waals surface area contributed by atoms with Gasteiger partial charge in [-0.25, -0.2) is 8.42 Å². The number of aryl methyl sites for hydroxylation is 3. The summed E-state index contributed by atoms with van der Waals surface area (Å²) in [5.41, 5.74) is 4.12. The first-order valence-corrected chi connectivity index (χ1v) is 10.8. The normalized spacial score (nSPS) is 13.9. The third-order valence-corrected chi connectivity index (χ3v) is 6.35. The van der Waals surface area contributed by atoms with Crippen LogP contribution in [0.15, 0.2) is 41.3 Å². The topological polar surface area (TPSA) is 55.4 Å². The molecule has 0 bridgehead atoms. The van der Waals surface area contributed by atoms with Crippen molar-refractivity contribution in [2.75, 3.05) is 11.8 Å². The molecule has 26 heavy (non-hydrogen) atoms. The van der Waals surface area contributed by atoms with Gasteiger partial charge in [0.25, 0.3) is 10.0 Å². The molecule has 4 nitrogen and oxygen atoms in total. The van der Waals surface area contributed by atoms with E-state index in [0.29, 0.717) is 11.4 Å². The maximum absolute atomic E-state index is 12.9. The second-order valence-corrected chi connectivity index (χ2v) is 8.54. The molecule has 0 amide bonds. The fraction of sp³-hybridized carbons (Fsp3) is 0.429. The molecular weight excluding hydrogens is 346 g/mol. The molecule has 0 spiro atoms. The van der Waals surface area contributed by atoms with Gasteiger partial charge in [-0.1, -0.05) is 25.5 Å². The number of nitrogens with one attached hydrogen (secondary N) is 1. The van der Waals surface area contributed by atoms with Crippen LogP contribution < -0.4 is 9.46 Å². The highest BCUT2D eigenvalue weighted by Crippen LogP contribution is 2.33. The maximum atomic E-state index is 12.9. The minimum absolute atomic E-state index is 0.218. The zero-order chi connectivity index (χ0) is 18.6. The molecular formula is C21H27NO3S. The number of methoxy groups -OCH3 is 1. The lowest BCUT2D eigenvalue weighted by atomic mass is 9.92. The van der Waals surface area contributed by atoms with Crippen LogP contribution in [0.3, 0.4) is 0 Å². The Balaban J connectivity index is 1.85. The van der Waals surface area contributed by atoms with Crippen LogP contribution in [0.1, 0.15) is 49.3 Å². The van der Waals surface area contributed by atoms with E-state index in [1.54, 1.807) is 6.07 Å². The molecule has 0 unspecified atom stereocenters. The van der Waals surface area contributed by atoms with Gasteiger partial charge in [0.2, 0.25) is 0 Å². The quantitative estimate of drug-likeness (QED) is 0.764. The van der Waals surface area contributed by atoms with Gasteiger partial charge >= 0.3 is 0 Å². The summed E-state index contributed by atoms with van der Waals surface area (Å²) < 4.78 is 33.9. The molecule has 0 saturated carbocycles. The Bertz CT molecular complexity index is 858. The molecule has 0 aromatic heterocycles. The van der Waals surface area contributed by atoms with E-state index in [9.17, 15) is 8.42 Å². The number of unbranched alkanes of at least 4 members (excludes halogenated alkanes) is 1. The number of anilines is 1. The summed E-state index contributed by atoms with van der Waals surface area (Å²) in [6.45, 7) is 2.16. The van der Waals surface area contributed by atoms with Crippen molar-refractivity contribution in [3.8, 4) is 5.75 Å². The Labute approximate surface area is 156 Å². The number of fused-ring (bicyclic) bond motifs is 1. The van der Waals surface area contributed by atoms with Crippen molar-refractivity contribution in [3.63, 3.8) is 0 Å². The Morgan fingerprint density at radius 3 is 2.31 bits per heavy atom. The lowest BCUT2D eigenvalue weighted by Crippen LogP contribution is -2.16. The second-order valence-electron chi connectivity index (χ2n) is 6.88. The molecule has 0 radical (unpaired) electrons. The summed E-state index contributed by atoms with van der Waals surface area (Å²) in [5, 5.41) is 0. The molecule has 0 heterocycles. The van der Waals surface area contributed by atoms with E-state index in [1.165, 1.54) is 18.2 Å². The van der Waals surface area contributed by atoms with E-state index in [4.69, 9.17) is 4.74 Å². The monoisotopic (exact) mass is 373 g/mol. The number of rotatable bonds is 7. The van der Waals surface area contributed by atoms with Gasteiger partial charge in [-0.05, 0) is 79.5 Å². The van der Waals surface area contributed by atoms with Gasteiger partial charge in [0.15, 0.2) is 0 Å². The SMILES string of the molecule is CCCCc1ccc(NS(=O)(=O)c2cc3c(cc2OC)CCCC3)cc1. The summed E-state index contributed by atoms with van der Waals surface area (Å²) in [5.74, 6) is 0.415. The Hall–Kier alpha value is -2.01. The third-order valence-electron chi connectivity index (χ3n) is 4.94. The van der Waals surface area contributed by atoms with E-state index in [0.717, 1.165) is 50.5 Å². The van der Waals surface area contributed by atoms with Gasteiger partial charge in [-0.2, -0.15) is 0 Å². The Kier molecular flexibility index (Phi) is 5.87. The number of hydrogen-bond acceptors (Lipinski definition) is 3. The first kappa shape index (κ1) is 18.8. The molecule has 1 aliphatic carbocycles. The fourth-order valence-corrected chi connectivity index (χ4v) is 4.70. The van der Waals surface area contributed by atoms with Crippen LogP contribution in [-0.4, -0.2) is 15.5 Å². The minimum atomic E-state index is -3.69. The van der Waals surface area contributed by atoms with E-state index in [-0.39, 0.29) is 4.90 Å². The number of benzene rings is 2. The van der Waals surface area contributed by atoms with Crippen LogP contribution in [0, 0.1) is 0 Å². The standard InChI is InChI=1S/C21H27NO3S/c1-3-4-7-16-10-12-19(13-11-16)22-26(23,24)21-15-18-9-6-5-8-17(18)14-20(21)25-2/h10-15,22H,3-9H2,1-2H3. The molecule has 0 fully saturated rings. The summed E-state index contributed by atoms with van der Waals surface area (Å²) >= 11 is 0. The van der Waals surface area contributed by atoms with Crippen molar-refractivity contribution in [1.82, 2.24) is 0 Å². The van der Waals surface area contributed by atoms with Crippen molar-refractivity contribution in [2.45, 2.75) is 56.8 Å². The first-order valence-electron chi connectivity index (χ1n) is 9.35. The summed E-state index contributed by atoms with van der Waals surface area (Å²) in [6, 6.07) is 11.3. The van der Waals surface area contributed by atoms with Gasteiger partial charge in [0, 0.05) is 5.69 Å². The van der Waals surface area contributed by atoms with Crippen LogP contribution in [0.5, 0.6) is 5.75 Å². The van der Waals surface area contributed by atoms with Crippen LogP contribution in [0.2, 0.25) is 0 Å². The predicted octanol–water partition coefficient (Wildman–Crippen LogP) is 4.72. The first-order chi connectivity index (χ1) is 12.5. The van der Waals surface area contributed by atoms with Crippen LogP contribution >= 0.6 is 0 Å². The number of sulfonamides is 1. The van der Waals surface area contributed by atoms with Crippen LogP contribution in [-0.2, 0) is 29.3 Å². The summed E-state index contributed by atoms with van der Waals surface area (Å²) in [6.07, 6.45) is 7.45. The lowest BCUT2D eigenvalue weighted by molar-refractivity contribution is 0.401. The van der Waals surface area contributed by atoms with E-state index in [1.807, 2.05) is 30.3 Å². The average Bonchev–Trinajstić information content (AvgIpc) is 2.66. The second kappa shape index (κ2) is 8.12. The van der Waals surface area contributed by atoms with Gasteiger partial charge in [0.1, 0.15) is 10.6 Å². The molecule has 0 aliphatic heterocycles. The zero-order valence-electron chi connectivity index (χ0n) is 15.5. The molecule has 140 valence electrons. The number of ether oxygens (including phenoxy) is 1. The predicted molar refractivity (Wildman–Crippen MR) is 105 cm³/mol. The number of hydrogen-bond donors (Lipinski definition) is 1. The third kappa shape index (κ3) is 4.21. The fourth-order valence-electron chi connectivity index (χ4n) is 3.44. The van der Waals surface area contributed by atoms with Gasteiger partial charge < -0.3 is 4.74 Å². The van der Waals surface area contributed by atoms with Crippen molar-refractivity contribution < 1.29 is 13.2 Å². The summed E-state index contributed by atoms with van der Waals surface area (Å²) in [7, 11) is -2.17. The maximum Gasteiger partial charge on any atom is 0.265 e. The highest BCUT2D eigenvalue weighted by atomic mass is 32.2. The van der Waals surface area contributed by atoms with Gasteiger partial charge in [-0.3, -0.25) is 4.72 Å². The molecule has 2 aromatic carbocycles. The van der Waals surface area contributed by atoms with E-state index < -0.39 is 10.0 Å². The minimum Gasteiger partial charge on any atom is -0.495 e. The molecule has 3 rings (SSSR count). The van der Waals surface area contributed by atoms with E-state index in [2.05, 4.69) is 11.6 Å². The van der Waals surface area contributed by atoms with Crippen molar-refractivity contribution in [1.29, 1.82) is 0 Å². The smallest absolute Gasteiger partial charge is 0.265 e. The van der Waals surface area contributed by atoms with E-state index >= 15 is 0 Å². The Morgan fingerprint density at radius 1 is 1.04 bits per heavy atom. The van der Waals surface area contributed by atoms with Crippen molar-refractivity contribution in [2.24, 2.45) is 0 Å². The highest BCUT2D eigenvalue weighted by molar-refractivity contribution is 7.92. The lowest BCUT2D eigenvalue weighted by Gasteiger charge is -2.19. The van der Waals surface area contributed by atoms with Crippen molar-refractivity contribution >= 4 is 15.7 Å². The van der Waals surface area contributed by atoms with Gasteiger partial charge in [-0.15, -0.1) is 0 Å². The van der Waals surface area contributed by atoms with Crippen LogP contribution in [0.4, 0.5) is 5.69 Å². The molecule has 1 aliphatic rings.